The van der Waals surface area contributed by atoms with E-state index in [0.717, 1.165) is 49.4 Å². The Morgan fingerprint density at radius 1 is 1.00 bits per heavy atom. The molecule has 23 heavy (non-hydrogen) atoms. The first kappa shape index (κ1) is 14.2. The second-order valence-electron chi connectivity index (χ2n) is 5.86. The van der Waals surface area contributed by atoms with Crippen molar-refractivity contribution in [2.24, 2.45) is 0 Å². The minimum atomic E-state index is -0.174. The van der Waals surface area contributed by atoms with Crippen LogP contribution in [-0.2, 0) is 6.54 Å². The van der Waals surface area contributed by atoms with Gasteiger partial charge < -0.3 is 9.32 Å². The Labute approximate surface area is 134 Å². The summed E-state index contributed by atoms with van der Waals surface area (Å²) < 4.78 is 19.1. The van der Waals surface area contributed by atoms with E-state index in [-0.39, 0.29) is 5.82 Å². The Kier molecular flexibility index (Phi) is 3.71. The summed E-state index contributed by atoms with van der Waals surface area (Å²) in [5.41, 5.74) is 2.73. The number of para-hydroxylation sites is 2. The maximum Gasteiger partial charge on any atom is 0.298 e. The lowest BCUT2D eigenvalue weighted by Gasteiger charge is -2.33. The molecule has 0 unspecified atom stereocenters. The maximum atomic E-state index is 13.3. The molecule has 1 aliphatic rings. The predicted molar refractivity (Wildman–Crippen MR) is 87.9 cm³/mol. The molecule has 2 heterocycles. The molecule has 1 aliphatic heterocycles. The molecule has 0 N–H and O–H groups in total. The standard InChI is InChI=1S/C18H18FN3O/c19-15-5-3-4-14(12-15)13-21-8-10-22(11-9-21)18-20-16-6-1-2-7-17(16)23-18/h1-7,12H,8-11,13H2. The minimum absolute atomic E-state index is 0.174. The molecule has 1 fully saturated rings. The van der Waals surface area contributed by atoms with Gasteiger partial charge in [-0.2, -0.15) is 4.98 Å². The molecule has 0 spiro atoms. The zero-order valence-electron chi connectivity index (χ0n) is 12.8. The van der Waals surface area contributed by atoms with Crippen LogP contribution in [0.3, 0.4) is 0 Å². The van der Waals surface area contributed by atoms with Crippen molar-refractivity contribution in [1.29, 1.82) is 0 Å². The molecule has 0 radical (unpaired) electrons. The van der Waals surface area contributed by atoms with Crippen LogP contribution < -0.4 is 4.90 Å². The van der Waals surface area contributed by atoms with Crippen LogP contribution in [0.5, 0.6) is 0 Å². The molecule has 4 nitrogen and oxygen atoms in total. The molecular formula is C18H18FN3O. The van der Waals surface area contributed by atoms with Crippen LogP contribution in [0.2, 0.25) is 0 Å². The van der Waals surface area contributed by atoms with Gasteiger partial charge >= 0.3 is 0 Å². The van der Waals surface area contributed by atoms with Crippen LogP contribution in [0.4, 0.5) is 10.4 Å². The molecule has 0 atom stereocenters. The molecule has 4 rings (SSSR count). The number of halogens is 1. The third kappa shape index (κ3) is 3.05. The Morgan fingerprint density at radius 2 is 1.83 bits per heavy atom. The monoisotopic (exact) mass is 311 g/mol. The zero-order valence-corrected chi connectivity index (χ0v) is 12.8. The third-order valence-electron chi connectivity index (χ3n) is 4.22. The zero-order chi connectivity index (χ0) is 15.6. The van der Waals surface area contributed by atoms with E-state index in [1.165, 1.54) is 6.07 Å². The summed E-state index contributed by atoms with van der Waals surface area (Å²) in [5, 5.41) is 0. The van der Waals surface area contributed by atoms with E-state index in [4.69, 9.17) is 4.42 Å². The Balaban J connectivity index is 1.40. The highest BCUT2D eigenvalue weighted by Crippen LogP contribution is 2.22. The van der Waals surface area contributed by atoms with E-state index in [0.29, 0.717) is 6.01 Å². The van der Waals surface area contributed by atoms with Gasteiger partial charge in [0.15, 0.2) is 5.58 Å². The van der Waals surface area contributed by atoms with E-state index in [9.17, 15) is 4.39 Å². The summed E-state index contributed by atoms with van der Waals surface area (Å²) in [6.45, 7) is 4.33. The van der Waals surface area contributed by atoms with Gasteiger partial charge in [0.05, 0.1) is 0 Å². The smallest absolute Gasteiger partial charge is 0.298 e. The highest BCUT2D eigenvalue weighted by atomic mass is 19.1. The van der Waals surface area contributed by atoms with E-state index in [1.807, 2.05) is 30.3 Å². The van der Waals surface area contributed by atoms with E-state index >= 15 is 0 Å². The normalized spacial score (nSPS) is 16.1. The third-order valence-corrected chi connectivity index (χ3v) is 4.22. The van der Waals surface area contributed by atoms with Gasteiger partial charge in [-0.15, -0.1) is 0 Å². The van der Waals surface area contributed by atoms with Crippen LogP contribution in [0.15, 0.2) is 52.9 Å². The predicted octanol–water partition coefficient (Wildman–Crippen LogP) is 3.29. The summed E-state index contributed by atoms with van der Waals surface area (Å²) in [6, 6.07) is 15.3. The van der Waals surface area contributed by atoms with Crippen LogP contribution in [0.25, 0.3) is 11.1 Å². The number of aromatic nitrogens is 1. The summed E-state index contributed by atoms with van der Waals surface area (Å²) >= 11 is 0. The van der Waals surface area contributed by atoms with Gasteiger partial charge in [0.25, 0.3) is 6.01 Å². The highest BCUT2D eigenvalue weighted by molar-refractivity contribution is 5.74. The lowest BCUT2D eigenvalue weighted by molar-refractivity contribution is 0.245. The second kappa shape index (κ2) is 6.01. The molecule has 0 aliphatic carbocycles. The maximum absolute atomic E-state index is 13.3. The van der Waals surface area contributed by atoms with E-state index in [1.54, 1.807) is 12.1 Å². The quantitative estimate of drug-likeness (QED) is 0.743. The summed E-state index contributed by atoms with van der Waals surface area (Å²) in [5.74, 6) is -0.174. The lowest BCUT2D eigenvalue weighted by atomic mass is 10.2. The molecule has 5 heteroatoms. The van der Waals surface area contributed by atoms with Gasteiger partial charge in [-0.1, -0.05) is 24.3 Å². The molecule has 118 valence electrons. The van der Waals surface area contributed by atoms with Gasteiger partial charge in [0.1, 0.15) is 11.3 Å². The van der Waals surface area contributed by atoms with Gasteiger partial charge in [0, 0.05) is 32.7 Å². The van der Waals surface area contributed by atoms with Crippen molar-refractivity contribution >= 4 is 17.1 Å². The first-order valence-corrected chi connectivity index (χ1v) is 7.85. The molecule has 0 amide bonds. The van der Waals surface area contributed by atoms with Gasteiger partial charge in [0.2, 0.25) is 0 Å². The number of oxazole rings is 1. The van der Waals surface area contributed by atoms with Gasteiger partial charge in [-0.3, -0.25) is 4.90 Å². The molecular weight excluding hydrogens is 293 g/mol. The summed E-state index contributed by atoms with van der Waals surface area (Å²) in [7, 11) is 0. The van der Waals surface area contributed by atoms with Crippen molar-refractivity contribution < 1.29 is 8.81 Å². The Hall–Kier alpha value is -2.40. The average Bonchev–Trinajstić information content (AvgIpc) is 2.99. The van der Waals surface area contributed by atoms with E-state index < -0.39 is 0 Å². The number of benzene rings is 2. The van der Waals surface area contributed by atoms with Crippen LogP contribution in [0, 0.1) is 5.82 Å². The van der Waals surface area contributed by atoms with Crippen molar-refractivity contribution in [1.82, 2.24) is 9.88 Å². The first-order chi connectivity index (χ1) is 11.3. The molecule has 1 saturated heterocycles. The molecule has 1 aromatic heterocycles. The number of piperazine rings is 1. The number of rotatable bonds is 3. The summed E-state index contributed by atoms with van der Waals surface area (Å²) in [6.07, 6.45) is 0. The fourth-order valence-electron chi connectivity index (χ4n) is 2.99. The highest BCUT2D eigenvalue weighted by Gasteiger charge is 2.21. The van der Waals surface area contributed by atoms with Crippen molar-refractivity contribution in [3.05, 3.63) is 59.9 Å². The largest absolute Gasteiger partial charge is 0.423 e. The van der Waals surface area contributed by atoms with Crippen LogP contribution >= 0.6 is 0 Å². The van der Waals surface area contributed by atoms with Crippen molar-refractivity contribution in [3.8, 4) is 0 Å². The fraction of sp³-hybridized carbons (Fsp3) is 0.278. The topological polar surface area (TPSA) is 32.5 Å². The van der Waals surface area contributed by atoms with Crippen LogP contribution in [-0.4, -0.2) is 36.1 Å². The number of anilines is 1. The number of hydrogen-bond donors (Lipinski definition) is 0. The van der Waals surface area contributed by atoms with Gasteiger partial charge in [-0.25, -0.2) is 4.39 Å². The molecule has 2 aromatic carbocycles. The number of hydrogen-bond acceptors (Lipinski definition) is 4. The van der Waals surface area contributed by atoms with Gasteiger partial charge in [-0.05, 0) is 29.8 Å². The molecule has 3 aromatic rings. The molecule has 0 bridgehead atoms. The fourth-order valence-corrected chi connectivity index (χ4v) is 2.99. The Morgan fingerprint density at radius 3 is 2.61 bits per heavy atom. The van der Waals surface area contributed by atoms with Crippen molar-refractivity contribution in [2.45, 2.75) is 6.54 Å². The van der Waals surface area contributed by atoms with Crippen molar-refractivity contribution in [3.63, 3.8) is 0 Å². The van der Waals surface area contributed by atoms with E-state index in [2.05, 4.69) is 14.8 Å². The average molecular weight is 311 g/mol. The SMILES string of the molecule is Fc1cccc(CN2CCN(c3nc4ccccc4o3)CC2)c1. The Bertz CT molecular complexity index is 776. The lowest BCUT2D eigenvalue weighted by Crippen LogP contribution is -2.46. The minimum Gasteiger partial charge on any atom is -0.423 e. The molecule has 0 saturated carbocycles. The first-order valence-electron chi connectivity index (χ1n) is 7.85. The summed E-state index contributed by atoms with van der Waals surface area (Å²) in [4.78, 5) is 9.04. The number of nitrogens with zero attached hydrogens (tertiary/aromatic N) is 3. The second-order valence-corrected chi connectivity index (χ2v) is 5.86. The number of fused-ring (bicyclic) bond motifs is 1. The van der Waals surface area contributed by atoms with Crippen molar-refractivity contribution in [2.75, 3.05) is 31.1 Å². The van der Waals surface area contributed by atoms with Crippen LogP contribution in [0.1, 0.15) is 5.56 Å².